The highest BCUT2D eigenvalue weighted by molar-refractivity contribution is 5.78. The maximum Gasteiger partial charge on any atom is 0.234 e. The van der Waals surface area contributed by atoms with Crippen LogP contribution in [0, 0.1) is 5.92 Å². The summed E-state index contributed by atoms with van der Waals surface area (Å²) in [5.41, 5.74) is 0. The Morgan fingerprint density at radius 2 is 2.50 bits per heavy atom. The summed E-state index contributed by atoms with van der Waals surface area (Å²) in [5.74, 6) is 1.46. The molecule has 1 amide bonds. The predicted octanol–water partition coefficient (Wildman–Crippen LogP) is -0.0185. The quantitative estimate of drug-likeness (QED) is 0.633. The number of amides is 1. The van der Waals surface area contributed by atoms with Crippen molar-refractivity contribution in [2.24, 2.45) is 5.92 Å². The third-order valence-electron chi connectivity index (χ3n) is 2.64. The van der Waals surface area contributed by atoms with Crippen molar-refractivity contribution >= 4 is 5.91 Å². The summed E-state index contributed by atoms with van der Waals surface area (Å²) < 4.78 is 0. The van der Waals surface area contributed by atoms with E-state index in [0.29, 0.717) is 12.4 Å². The summed E-state index contributed by atoms with van der Waals surface area (Å²) in [5, 5.41) is 12.5. The molecule has 6 heteroatoms. The van der Waals surface area contributed by atoms with Gasteiger partial charge in [0.05, 0.1) is 12.6 Å². The van der Waals surface area contributed by atoms with E-state index in [4.69, 9.17) is 0 Å². The van der Waals surface area contributed by atoms with E-state index in [-0.39, 0.29) is 11.9 Å². The molecule has 0 spiro atoms. The minimum atomic E-state index is -0.127. The molecule has 88 valence electrons. The number of rotatable bonds is 6. The SMILES string of the molecule is CC(NC(=O)CNCC1CC1)c1ncn[nH]1. The molecule has 1 heterocycles. The molecule has 0 radical (unpaired) electrons. The van der Waals surface area contributed by atoms with Crippen LogP contribution in [0.4, 0.5) is 0 Å². The number of nitrogens with one attached hydrogen (secondary N) is 3. The van der Waals surface area contributed by atoms with E-state index in [1.165, 1.54) is 19.2 Å². The molecule has 0 bridgehead atoms. The van der Waals surface area contributed by atoms with Crippen LogP contribution >= 0.6 is 0 Å². The van der Waals surface area contributed by atoms with Gasteiger partial charge in [-0.1, -0.05) is 0 Å². The van der Waals surface area contributed by atoms with Crippen LogP contribution in [-0.4, -0.2) is 34.2 Å². The smallest absolute Gasteiger partial charge is 0.234 e. The Kier molecular flexibility index (Phi) is 3.51. The zero-order chi connectivity index (χ0) is 11.4. The maximum atomic E-state index is 11.5. The van der Waals surface area contributed by atoms with Gasteiger partial charge >= 0.3 is 0 Å². The highest BCUT2D eigenvalue weighted by Crippen LogP contribution is 2.27. The lowest BCUT2D eigenvalue weighted by atomic mass is 10.3. The summed E-state index contributed by atoms with van der Waals surface area (Å²) in [4.78, 5) is 15.5. The van der Waals surface area contributed by atoms with Crippen molar-refractivity contribution in [3.63, 3.8) is 0 Å². The van der Waals surface area contributed by atoms with Gasteiger partial charge in [0.2, 0.25) is 5.91 Å². The third-order valence-corrected chi connectivity index (χ3v) is 2.64. The number of nitrogens with zero attached hydrogens (tertiary/aromatic N) is 2. The minimum absolute atomic E-state index is 0.00968. The number of carbonyl (C=O) groups excluding carboxylic acids is 1. The van der Waals surface area contributed by atoms with E-state index < -0.39 is 0 Å². The highest BCUT2D eigenvalue weighted by atomic mass is 16.2. The molecule has 1 saturated carbocycles. The molecule has 1 aromatic rings. The second kappa shape index (κ2) is 5.07. The molecule has 0 aromatic carbocycles. The zero-order valence-corrected chi connectivity index (χ0v) is 9.36. The van der Waals surface area contributed by atoms with Crippen LogP contribution in [0.25, 0.3) is 0 Å². The van der Waals surface area contributed by atoms with Crippen molar-refractivity contribution in [1.29, 1.82) is 0 Å². The molecule has 1 fully saturated rings. The molecule has 16 heavy (non-hydrogen) atoms. The molecule has 1 aromatic heterocycles. The van der Waals surface area contributed by atoms with E-state index in [2.05, 4.69) is 25.8 Å². The van der Waals surface area contributed by atoms with Crippen molar-refractivity contribution in [1.82, 2.24) is 25.8 Å². The number of hydrogen-bond acceptors (Lipinski definition) is 4. The van der Waals surface area contributed by atoms with Gasteiger partial charge in [0.1, 0.15) is 12.2 Å². The van der Waals surface area contributed by atoms with Gasteiger partial charge in [-0.15, -0.1) is 0 Å². The van der Waals surface area contributed by atoms with Crippen LogP contribution in [0.3, 0.4) is 0 Å². The lowest BCUT2D eigenvalue weighted by Gasteiger charge is -2.11. The van der Waals surface area contributed by atoms with Crippen LogP contribution in [0.1, 0.15) is 31.6 Å². The molecule has 0 saturated heterocycles. The fourth-order valence-electron chi connectivity index (χ4n) is 1.50. The first-order chi connectivity index (χ1) is 7.75. The standard InChI is InChI=1S/C10H17N5O/c1-7(10-12-6-13-15-10)14-9(16)5-11-4-8-2-3-8/h6-8,11H,2-5H2,1H3,(H,14,16)(H,12,13,15). The Morgan fingerprint density at radius 3 is 3.12 bits per heavy atom. The van der Waals surface area contributed by atoms with E-state index >= 15 is 0 Å². The van der Waals surface area contributed by atoms with Crippen molar-refractivity contribution in [3.8, 4) is 0 Å². The summed E-state index contributed by atoms with van der Waals surface area (Å²) in [7, 11) is 0. The van der Waals surface area contributed by atoms with Gasteiger partial charge in [-0.25, -0.2) is 4.98 Å². The number of H-pyrrole nitrogens is 1. The Bertz CT molecular complexity index is 333. The number of aromatic amines is 1. The summed E-state index contributed by atoms with van der Waals surface area (Å²) in [6.07, 6.45) is 4.02. The van der Waals surface area contributed by atoms with Gasteiger partial charge in [0.25, 0.3) is 0 Å². The first-order valence-corrected chi connectivity index (χ1v) is 5.61. The summed E-state index contributed by atoms with van der Waals surface area (Å²) >= 11 is 0. The molecule has 6 nitrogen and oxygen atoms in total. The normalized spacial score (nSPS) is 17.1. The molecule has 0 aliphatic heterocycles. The van der Waals surface area contributed by atoms with E-state index in [9.17, 15) is 4.79 Å². The van der Waals surface area contributed by atoms with Gasteiger partial charge in [-0.2, -0.15) is 5.10 Å². The van der Waals surface area contributed by atoms with Crippen LogP contribution in [-0.2, 0) is 4.79 Å². The zero-order valence-electron chi connectivity index (χ0n) is 9.36. The summed E-state index contributed by atoms with van der Waals surface area (Å²) in [6.45, 7) is 3.19. The van der Waals surface area contributed by atoms with Gasteiger partial charge in [-0.05, 0) is 32.2 Å². The van der Waals surface area contributed by atoms with Gasteiger partial charge < -0.3 is 10.6 Å². The molecule has 2 rings (SSSR count). The second-order valence-corrected chi connectivity index (χ2v) is 4.23. The second-order valence-electron chi connectivity index (χ2n) is 4.23. The van der Waals surface area contributed by atoms with Crippen molar-refractivity contribution in [2.75, 3.05) is 13.1 Å². The number of aromatic nitrogens is 3. The molecule has 3 N–H and O–H groups in total. The van der Waals surface area contributed by atoms with E-state index in [1.807, 2.05) is 6.92 Å². The third kappa shape index (κ3) is 3.30. The van der Waals surface area contributed by atoms with Crippen LogP contribution < -0.4 is 10.6 Å². The van der Waals surface area contributed by atoms with Crippen LogP contribution in [0.2, 0.25) is 0 Å². The molecular weight excluding hydrogens is 206 g/mol. The van der Waals surface area contributed by atoms with Gasteiger partial charge in [0.15, 0.2) is 0 Å². The summed E-state index contributed by atoms with van der Waals surface area (Å²) in [6, 6.07) is -0.127. The van der Waals surface area contributed by atoms with E-state index in [0.717, 1.165) is 12.5 Å². The Balaban J connectivity index is 1.65. The molecule has 1 atom stereocenters. The van der Waals surface area contributed by atoms with Crippen molar-refractivity contribution < 1.29 is 4.79 Å². The lowest BCUT2D eigenvalue weighted by Crippen LogP contribution is -2.36. The average molecular weight is 223 g/mol. The van der Waals surface area contributed by atoms with Gasteiger partial charge in [0, 0.05) is 0 Å². The lowest BCUT2D eigenvalue weighted by molar-refractivity contribution is -0.120. The number of carbonyl (C=O) groups is 1. The fourth-order valence-corrected chi connectivity index (χ4v) is 1.50. The maximum absolute atomic E-state index is 11.5. The van der Waals surface area contributed by atoms with Crippen molar-refractivity contribution in [3.05, 3.63) is 12.2 Å². The fraction of sp³-hybridized carbons (Fsp3) is 0.700. The van der Waals surface area contributed by atoms with Crippen LogP contribution in [0.15, 0.2) is 6.33 Å². The Labute approximate surface area is 94.2 Å². The molecule has 1 aliphatic carbocycles. The van der Waals surface area contributed by atoms with Crippen LogP contribution in [0.5, 0.6) is 0 Å². The topological polar surface area (TPSA) is 82.7 Å². The minimum Gasteiger partial charge on any atom is -0.345 e. The first-order valence-electron chi connectivity index (χ1n) is 5.61. The molecular formula is C10H17N5O. The van der Waals surface area contributed by atoms with E-state index in [1.54, 1.807) is 0 Å². The number of hydrogen-bond donors (Lipinski definition) is 3. The Morgan fingerprint density at radius 1 is 1.69 bits per heavy atom. The highest BCUT2D eigenvalue weighted by Gasteiger charge is 2.20. The first kappa shape index (κ1) is 11.1. The average Bonchev–Trinajstić information content (AvgIpc) is 2.91. The van der Waals surface area contributed by atoms with Crippen molar-refractivity contribution in [2.45, 2.75) is 25.8 Å². The Hall–Kier alpha value is -1.43. The monoisotopic (exact) mass is 223 g/mol. The largest absolute Gasteiger partial charge is 0.345 e. The predicted molar refractivity (Wildman–Crippen MR) is 58.5 cm³/mol. The molecule has 1 unspecified atom stereocenters. The molecule has 1 aliphatic rings. The van der Waals surface area contributed by atoms with Gasteiger partial charge in [-0.3, -0.25) is 9.89 Å².